The third-order valence-electron chi connectivity index (χ3n) is 6.62. The zero-order valence-electron chi connectivity index (χ0n) is 20.0. The van der Waals surface area contributed by atoms with Crippen molar-refractivity contribution in [3.8, 4) is 0 Å². The quantitative estimate of drug-likeness (QED) is 0.447. The van der Waals surface area contributed by atoms with Gasteiger partial charge in [0.2, 0.25) is 11.8 Å². The summed E-state index contributed by atoms with van der Waals surface area (Å²) in [7, 11) is 0. The lowest BCUT2D eigenvalue weighted by atomic mass is 9.96. The number of carbonyl (C=O) groups is 1. The Balaban J connectivity index is 1.25. The molecule has 35 heavy (non-hydrogen) atoms. The maximum Gasteiger partial charge on any atom is 0.277 e. The normalized spacial score (nSPS) is 15.1. The molecule has 5 rings (SSSR count). The topological polar surface area (TPSA) is 94.5 Å². The van der Waals surface area contributed by atoms with Crippen LogP contribution >= 0.6 is 0 Å². The van der Waals surface area contributed by atoms with Crippen LogP contribution in [0, 0.1) is 13.8 Å². The summed E-state index contributed by atoms with van der Waals surface area (Å²) < 4.78 is 5.71. The van der Waals surface area contributed by atoms with Crippen LogP contribution in [0.1, 0.15) is 28.6 Å². The zero-order valence-corrected chi connectivity index (χ0v) is 20.0. The van der Waals surface area contributed by atoms with E-state index in [0.29, 0.717) is 22.2 Å². The molecule has 1 fully saturated rings. The van der Waals surface area contributed by atoms with Crippen LogP contribution in [0.25, 0.3) is 10.8 Å². The third kappa shape index (κ3) is 4.76. The van der Waals surface area contributed by atoms with Crippen LogP contribution in [0.2, 0.25) is 0 Å². The van der Waals surface area contributed by atoms with Gasteiger partial charge in [0, 0.05) is 26.2 Å². The first kappa shape index (κ1) is 23.0. The molecule has 0 bridgehead atoms. The predicted molar refractivity (Wildman–Crippen MR) is 135 cm³/mol. The Morgan fingerprint density at radius 2 is 1.57 bits per heavy atom. The monoisotopic (exact) mass is 471 g/mol. The van der Waals surface area contributed by atoms with Gasteiger partial charge in [-0.2, -0.15) is 5.10 Å². The third-order valence-corrected chi connectivity index (χ3v) is 6.62. The number of aromatic nitrogens is 2. The molecule has 0 saturated carbocycles. The number of nitrogens with one attached hydrogen (secondary N) is 2. The van der Waals surface area contributed by atoms with Crippen LogP contribution in [0.15, 0.2) is 69.9 Å². The number of benzene rings is 2. The fourth-order valence-corrected chi connectivity index (χ4v) is 4.97. The number of hydrogen-bond donors (Lipinski definition) is 2. The number of fused-ring (bicyclic) bond motifs is 1. The summed E-state index contributed by atoms with van der Waals surface area (Å²) >= 11 is 0. The zero-order chi connectivity index (χ0) is 24.4. The van der Waals surface area contributed by atoms with Crippen LogP contribution in [0.4, 0.5) is 5.88 Å². The molecule has 0 aliphatic carbocycles. The number of nitrogens with zero attached hydrogens (tertiary/aromatic N) is 3. The largest absolute Gasteiger partial charge is 0.444 e. The highest BCUT2D eigenvalue weighted by Crippen LogP contribution is 2.30. The molecular formula is C27H29N5O3. The molecule has 2 aromatic heterocycles. The van der Waals surface area contributed by atoms with Gasteiger partial charge in [-0.25, -0.2) is 5.10 Å². The number of amides is 1. The fraction of sp³-hybridized carbons (Fsp3) is 0.296. The first-order valence-corrected chi connectivity index (χ1v) is 11.9. The van der Waals surface area contributed by atoms with Crippen LogP contribution in [0.3, 0.4) is 0 Å². The van der Waals surface area contributed by atoms with Crippen molar-refractivity contribution in [1.82, 2.24) is 20.0 Å². The number of carbonyl (C=O) groups excluding carboxylic acids is 1. The van der Waals surface area contributed by atoms with E-state index in [-0.39, 0.29) is 29.9 Å². The summed E-state index contributed by atoms with van der Waals surface area (Å²) in [6, 6.07) is 21.3. The smallest absolute Gasteiger partial charge is 0.277 e. The van der Waals surface area contributed by atoms with Crippen molar-refractivity contribution in [2.75, 3.05) is 38.0 Å². The van der Waals surface area contributed by atoms with E-state index in [1.165, 1.54) is 11.1 Å². The summed E-state index contributed by atoms with van der Waals surface area (Å²) in [5.41, 5.74) is 2.81. The van der Waals surface area contributed by atoms with Gasteiger partial charge >= 0.3 is 0 Å². The molecule has 0 unspecified atom stereocenters. The molecule has 1 aliphatic heterocycles. The van der Waals surface area contributed by atoms with Crippen molar-refractivity contribution in [2.45, 2.75) is 19.9 Å². The lowest BCUT2D eigenvalue weighted by Crippen LogP contribution is -2.49. The van der Waals surface area contributed by atoms with Gasteiger partial charge in [-0.3, -0.25) is 24.7 Å². The number of furan rings is 1. The van der Waals surface area contributed by atoms with Gasteiger partial charge in [0.1, 0.15) is 11.1 Å². The van der Waals surface area contributed by atoms with Gasteiger partial charge in [-0.1, -0.05) is 60.7 Å². The van der Waals surface area contributed by atoms with Gasteiger partial charge in [0.05, 0.1) is 23.7 Å². The molecule has 0 spiro atoms. The molecule has 4 aromatic rings. The number of rotatable bonds is 6. The van der Waals surface area contributed by atoms with Crippen LogP contribution in [-0.2, 0) is 4.79 Å². The van der Waals surface area contributed by atoms with Crippen molar-refractivity contribution in [3.05, 3.63) is 93.6 Å². The highest BCUT2D eigenvalue weighted by atomic mass is 16.4. The molecule has 180 valence electrons. The van der Waals surface area contributed by atoms with Crippen LogP contribution < -0.4 is 10.9 Å². The molecule has 8 nitrogen and oxygen atoms in total. The first-order chi connectivity index (χ1) is 17.0. The SMILES string of the molecule is Cc1n[nH]c(=O)c2c(NC(=O)CN3CCN(C(c4ccccc4)c4ccccc4)CC3)oc(C)c12. The summed E-state index contributed by atoms with van der Waals surface area (Å²) in [6.45, 7) is 7.02. The van der Waals surface area contributed by atoms with E-state index < -0.39 is 0 Å². The Morgan fingerprint density at radius 1 is 0.971 bits per heavy atom. The second-order valence-electron chi connectivity index (χ2n) is 8.96. The minimum Gasteiger partial charge on any atom is -0.444 e. The van der Waals surface area contributed by atoms with Crippen molar-refractivity contribution in [3.63, 3.8) is 0 Å². The van der Waals surface area contributed by atoms with Gasteiger partial charge < -0.3 is 4.42 Å². The Kier molecular flexibility index (Phi) is 6.48. The molecular weight excluding hydrogens is 442 g/mol. The molecule has 1 amide bonds. The number of anilines is 1. The second-order valence-corrected chi connectivity index (χ2v) is 8.96. The van der Waals surface area contributed by atoms with Crippen LogP contribution in [0.5, 0.6) is 0 Å². The van der Waals surface area contributed by atoms with Crippen molar-refractivity contribution in [1.29, 1.82) is 0 Å². The van der Waals surface area contributed by atoms with E-state index >= 15 is 0 Å². The Hall–Kier alpha value is -3.75. The van der Waals surface area contributed by atoms with Crippen molar-refractivity contribution in [2.24, 2.45) is 0 Å². The number of aryl methyl sites for hydroxylation is 2. The average molecular weight is 472 g/mol. The van der Waals surface area contributed by atoms with E-state index in [1.54, 1.807) is 13.8 Å². The van der Waals surface area contributed by atoms with E-state index in [9.17, 15) is 9.59 Å². The molecule has 2 N–H and O–H groups in total. The van der Waals surface area contributed by atoms with E-state index in [2.05, 4.69) is 73.8 Å². The van der Waals surface area contributed by atoms with Gasteiger partial charge in [-0.15, -0.1) is 0 Å². The van der Waals surface area contributed by atoms with E-state index in [1.807, 2.05) is 12.1 Å². The number of aromatic amines is 1. The Morgan fingerprint density at radius 3 is 2.17 bits per heavy atom. The first-order valence-electron chi connectivity index (χ1n) is 11.9. The standard InChI is InChI=1S/C27H29N5O3/c1-18-23-19(2)35-27(24(23)26(34)30-29-18)28-22(33)17-31-13-15-32(16-14-31)25(20-9-5-3-6-10-20)21-11-7-4-8-12-21/h3-12,25H,13-17H2,1-2H3,(H,28,33)(H,30,34). The molecule has 8 heteroatoms. The maximum absolute atomic E-state index is 12.8. The summed E-state index contributed by atoms with van der Waals surface area (Å²) in [5.74, 6) is 0.541. The van der Waals surface area contributed by atoms with Gasteiger partial charge in [-0.05, 0) is 25.0 Å². The molecule has 0 atom stereocenters. The average Bonchev–Trinajstić information content (AvgIpc) is 3.20. The Bertz CT molecular complexity index is 1330. The fourth-order valence-electron chi connectivity index (χ4n) is 4.97. The number of H-pyrrole nitrogens is 1. The summed E-state index contributed by atoms with van der Waals surface area (Å²) in [4.78, 5) is 29.8. The summed E-state index contributed by atoms with van der Waals surface area (Å²) in [5, 5.41) is 10.2. The molecule has 3 heterocycles. The molecule has 2 aromatic carbocycles. The van der Waals surface area contributed by atoms with Gasteiger partial charge in [0.25, 0.3) is 5.56 Å². The number of piperazine rings is 1. The Labute approximate surface area is 203 Å². The predicted octanol–water partition coefficient (Wildman–Crippen LogP) is 3.48. The second kappa shape index (κ2) is 9.85. The van der Waals surface area contributed by atoms with E-state index in [0.717, 1.165) is 26.2 Å². The van der Waals surface area contributed by atoms with Crippen LogP contribution in [-0.4, -0.2) is 58.6 Å². The molecule has 1 saturated heterocycles. The minimum atomic E-state index is -0.376. The lowest BCUT2D eigenvalue weighted by molar-refractivity contribution is -0.117. The molecule has 0 radical (unpaired) electrons. The maximum atomic E-state index is 12.8. The highest BCUT2D eigenvalue weighted by Gasteiger charge is 2.27. The highest BCUT2D eigenvalue weighted by molar-refractivity contribution is 6.01. The van der Waals surface area contributed by atoms with Crippen molar-refractivity contribution < 1.29 is 9.21 Å². The minimum absolute atomic E-state index is 0.175. The van der Waals surface area contributed by atoms with Crippen molar-refractivity contribution >= 4 is 22.6 Å². The lowest BCUT2D eigenvalue weighted by Gasteiger charge is -2.39. The van der Waals surface area contributed by atoms with E-state index in [4.69, 9.17) is 4.42 Å². The number of hydrogen-bond acceptors (Lipinski definition) is 6. The van der Waals surface area contributed by atoms with Gasteiger partial charge in [0.15, 0.2) is 0 Å². The molecule has 1 aliphatic rings. The summed E-state index contributed by atoms with van der Waals surface area (Å²) in [6.07, 6.45) is 0.